The third kappa shape index (κ3) is 3.58. The SMILES string of the molecule is C=C/C=C(\C)NC1=C2C=C(C)C2(C)CN(C=O)C=C1C(=O)OCCO. The highest BCUT2D eigenvalue weighted by Gasteiger charge is 2.43. The number of hydrogen-bond acceptors (Lipinski definition) is 5. The minimum atomic E-state index is -0.593. The molecule has 0 spiro atoms. The van der Waals surface area contributed by atoms with Crippen molar-refractivity contribution in [1.29, 1.82) is 0 Å². The van der Waals surface area contributed by atoms with E-state index in [0.29, 0.717) is 18.7 Å². The molecule has 0 aromatic rings. The van der Waals surface area contributed by atoms with E-state index in [2.05, 4.69) is 11.9 Å². The zero-order chi connectivity index (χ0) is 18.6. The number of carbonyl (C=O) groups excluding carboxylic acids is 2. The minimum absolute atomic E-state index is 0.104. The van der Waals surface area contributed by atoms with Gasteiger partial charge in [-0.25, -0.2) is 4.79 Å². The number of esters is 1. The van der Waals surface area contributed by atoms with Crippen molar-refractivity contribution in [2.75, 3.05) is 19.8 Å². The maximum absolute atomic E-state index is 12.5. The molecular formula is C19H24N2O4. The van der Waals surface area contributed by atoms with Crippen LogP contribution >= 0.6 is 0 Å². The third-order valence-electron chi connectivity index (χ3n) is 4.53. The van der Waals surface area contributed by atoms with Gasteiger partial charge in [-0.1, -0.05) is 24.3 Å². The first-order chi connectivity index (χ1) is 11.9. The summed E-state index contributed by atoms with van der Waals surface area (Å²) in [6, 6.07) is 0. The summed E-state index contributed by atoms with van der Waals surface area (Å²) >= 11 is 0. The van der Waals surface area contributed by atoms with Crippen LogP contribution in [0.3, 0.4) is 0 Å². The van der Waals surface area contributed by atoms with Crippen LogP contribution in [0.4, 0.5) is 0 Å². The average Bonchev–Trinajstić information content (AvgIpc) is 2.67. The molecule has 1 amide bonds. The Bertz CT molecular complexity index is 715. The Hall–Kier alpha value is -2.60. The molecule has 134 valence electrons. The van der Waals surface area contributed by atoms with Crippen LogP contribution in [0.25, 0.3) is 0 Å². The van der Waals surface area contributed by atoms with E-state index in [0.717, 1.165) is 16.8 Å². The molecule has 0 radical (unpaired) electrons. The molecule has 0 fully saturated rings. The number of aliphatic hydroxyl groups is 1. The molecule has 1 aliphatic heterocycles. The van der Waals surface area contributed by atoms with Crippen LogP contribution in [0.1, 0.15) is 20.8 Å². The van der Waals surface area contributed by atoms with Crippen LogP contribution in [0.2, 0.25) is 0 Å². The molecule has 0 aromatic heterocycles. The van der Waals surface area contributed by atoms with E-state index in [1.165, 1.54) is 11.1 Å². The van der Waals surface area contributed by atoms with Crippen molar-refractivity contribution < 1.29 is 19.4 Å². The maximum Gasteiger partial charge on any atom is 0.341 e. The highest BCUT2D eigenvalue weighted by Crippen LogP contribution is 2.49. The molecule has 25 heavy (non-hydrogen) atoms. The number of nitrogens with one attached hydrogen (secondary N) is 1. The third-order valence-corrected chi connectivity index (χ3v) is 4.53. The summed E-state index contributed by atoms with van der Waals surface area (Å²) in [5, 5.41) is 12.1. The van der Waals surface area contributed by atoms with Gasteiger partial charge < -0.3 is 20.1 Å². The molecule has 1 atom stereocenters. The fourth-order valence-corrected chi connectivity index (χ4v) is 3.00. The number of carbonyl (C=O) groups is 2. The molecule has 2 N–H and O–H groups in total. The summed E-state index contributed by atoms with van der Waals surface area (Å²) in [4.78, 5) is 25.4. The summed E-state index contributed by atoms with van der Waals surface area (Å²) in [5.41, 5.74) is 3.40. The van der Waals surface area contributed by atoms with Crippen molar-refractivity contribution >= 4 is 12.4 Å². The van der Waals surface area contributed by atoms with Crippen molar-refractivity contribution in [1.82, 2.24) is 10.2 Å². The van der Waals surface area contributed by atoms with Crippen LogP contribution < -0.4 is 5.32 Å². The predicted molar refractivity (Wildman–Crippen MR) is 94.9 cm³/mol. The van der Waals surface area contributed by atoms with E-state index in [1.54, 1.807) is 12.2 Å². The fourth-order valence-electron chi connectivity index (χ4n) is 3.00. The van der Waals surface area contributed by atoms with Gasteiger partial charge in [-0.3, -0.25) is 4.79 Å². The number of allylic oxidation sites excluding steroid dienone is 4. The lowest BCUT2D eigenvalue weighted by atomic mass is 9.65. The van der Waals surface area contributed by atoms with Gasteiger partial charge in [-0.2, -0.15) is 0 Å². The van der Waals surface area contributed by atoms with Crippen molar-refractivity contribution in [2.45, 2.75) is 20.8 Å². The topological polar surface area (TPSA) is 78.9 Å². The molecule has 2 aliphatic rings. The number of aliphatic hydroxyl groups excluding tert-OH is 1. The highest BCUT2D eigenvalue weighted by atomic mass is 16.5. The Morgan fingerprint density at radius 1 is 1.56 bits per heavy atom. The normalized spacial score (nSPS) is 22.9. The van der Waals surface area contributed by atoms with Gasteiger partial charge in [0.15, 0.2) is 0 Å². The molecule has 0 bridgehead atoms. The predicted octanol–water partition coefficient (Wildman–Crippen LogP) is 1.78. The molecule has 1 unspecified atom stereocenters. The van der Waals surface area contributed by atoms with Gasteiger partial charge in [0, 0.05) is 23.9 Å². The van der Waals surface area contributed by atoms with Gasteiger partial charge in [0.05, 0.1) is 17.9 Å². The number of hydrogen-bond donors (Lipinski definition) is 2. The lowest BCUT2D eigenvalue weighted by Crippen LogP contribution is -2.39. The number of rotatable bonds is 7. The maximum atomic E-state index is 12.5. The van der Waals surface area contributed by atoms with Gasteiger partial charge in [0.1, 0.15) is 6.61 Å². The van der Waals surface area contributed by atoms with Gasteiger partial charge in [-0.15, -0.1) is 0 Å². The fraction of sp³-hybridized carbons (Fsp3) is 0.368. The van der Waals surface area contributed by atoms with E-state index >= 15 is 0 Å². The van der Waals surface area contributed by atoms with Crippen molar-refractivity contribution in [3.05, 3.63) is 59.1 Å². The standard InChI is InChI=1S/C19H24N2O4/c1-5-6-14(3)20-17-15(18(24)25-8-7-22)10-21(12-23)11-19(4)13(2)9-16(17)19/h5-6,9-10,12,20,22H,1,7-8,11H2,2-4H3/b14-6+. The van der Waals surface area contributed by atoms with Gasteiger partial charge in [0.2, 0.25) is 6.41 Å². The van der Waals surface area contributed by atoms with Crippen LogP contribution in [0.15, 0.2) is 59.1 Å². The van der Waals surface area contributed by atoms with Crippen molar-refractivity contribution in [3.63, 3.8) is 0 Å². The Labute approximate surface area is 147 Å². The first-order valence-corrected chi connectivity index (χ1v) is 8.08. The summed E-state index contributed by atoms with van der Waals surface area (Å²) in [6.07, 6.45) is 7.64. The summed E-state index contributed by atoms with van der Waals surface area (Å²) in [5.74, 6) is -0.593. The van der Waals surface area contributed by atoms with Crippen molar-refractivity contribution in [3.8, 4) is 0 Å². The Morgan fingerprint density at radius 3 is 2.84 bits per heavy atom. The second kappa shape index (κ2) is 7.53. The second-order valence-electron chi connectivity index (χ2n) is 6.34. The monoisotopic (exact) mass is 344 g/mol. The van der Waals surface area contributed by atoms with Gasteiger partial charge in [-0.05, 0) is 32.4 Å². The van der Waals surface area contributed by atoms with Crippen LogP contribution in [0.5, 0.6) is 0 Å². The number of fused-ring (bicyclic) bond motifs is 1. The summed E-state index contributed by atoms with van der Waals surface area (Å²) in [7, 11) is 0. The van der Waals surface area contributed by atoms with E-state index in [-0.39, 0.29) is 24.2 Å². The molecule has 2 rings (SSSR count). The molecule has 0 aromatic carbocycles. The number of nitrogens with zero attached hydrogens (tertiary/aromatic N) is 1. The molecule has 0 saturated carbocycles. The van der Waals surface area contributed by atoms with E-state index in [4.69, 9.17) is 9.84 Å². The summed E-state index contributed by atoms with van der Waals surface area (Å²) < 4.78 is 5.08. The zero-order valence-corrected chi connectivity index (χ0v) is 14.8. The van der Waals surface area contributed by atoms with E-state index in [1.807, 2.05) is 26.8 Å². The van der Waals surface area contributed by atoms with Gasteiger partial charge >= 0.3 is 5.97 Å². The zero-order valence-electron chi connectivity index (χ0n) is 14.8. The van der Waals surface area contributed by atoms with Crippen molar-refractivity contribution in [2.24, 2.45) is 5.41 Å². The molecule has 6 nitrogen and oxygen atoms in total. The van der Waals surface area contributed by atoms with E-state index < -0.39 is 5.97 Å². The molecule has 1 heterocycles. The first kappa shape index (κ1) is 18.7. The van der Waals surface area contributed by atoms with Crippen LogP contribution in [0, 0.1) is 5.41 Å². The Morgan fingerprint density at radius 2 is 2.28 bits per heavy atom. The van der Waals surface area contributed by atoms with E-state index in [9.17, 15) is 9.59 Å². The summed E-state index contributed by atoms with van der Waals surface area (Å²) in [6.45, 7) is 9.66. The number of amides is 1. The minimum Gasteiger partial charge on any atom is -0.460 e. The Kier molecular flexibility index (Phi) is 5.64. The lowest BCUT2D eigenvalue weighted by molar-refractivity contribution is -0.139. The number of ether oxygens (including phenoxy) is 1. The van der Waals surface area contributed by atoms with Crippen LogP contribution in [-0.2, 0) is 14.3 Å². The molecule has 6 heteroatoms. The highest BCUT2D eigenvalue weighted by molar-refractivity contribution is 5.94. The quantitative estimate of drug-likeness (QED) is 0.418. The Balaban J connectivity index is 2.55. The average molecular weight is 344 g/mol. The smallest absolute Gasteiger partial charge is 0.341 e. The van der Waals surface area contributed by atoms with Crippen LogP contribution in [-0.4, -0.2) is 42.1 Å². The second-order valence-corrected chi connectivity index (χ2v) is 6.34. The first-order valence-electron chi connectivity index (χ1n) is 8.08. The van der Waals surface area contributed by atoms with Gasteiger partial charge in [0.25, 0.3) is 0 Å². The molecule has 0 saturated heterocycles. The largest absolute Gasteiger partial charge is 0.460 e. The molecule has 1 aliphatic carbocycles. The molecular weight excluding hydrogens is 320 g/mol. The lowest BCUT2D eigenvalue weighted by Gasteiger charge is -2.42.